The zero-order valence-electron chi connectivity index (χ0n) is 23.3. The van der Waals surface area contributed by atoms with Crippen LogP contribution in [0.25, 0.3) is 0 Å². The fourth-order valence-corrected chi connectivity index (χ4v) is 4.70. The Bertz CT molecular complexity index is 1060. The maximum absolute atomic E-state index is 12.8. The van der Waals surface area contributed by atoms with Crippen LogP contribution < -0.4 is 10.1 Å². The predicted octanol–water partition coefficient (Wildman–Crippen LogP) is 0.446. The number of benzene rings is 1. The SMILES string of the molecule is CCC(=S)Nc1ccc(OC)cc1C(C(=O)O)N1CCN(CC(=O)O)CCN(CC(=O)O)CCN(CC(=O)O)CC1. The maximum Gasteiger partial charge on any atom is 0.325 e. The molecule has 2 rings (SSSR count). The summed E-state index contributed by atoms with van der Waals surface area (Å²) in [5.74, 6) is -3.90. The van der Waals surface area contributed by atoms with Gasteiger partial charge >= 0.3 is 23.9 Å². The fraction of sp³-hybridized carbons (Fsp3) is 0.577. The summed E-state index contributed by atoms with van der Waals surface area (Å²) in [6.07, 6.45) is 0.537. The Morgan fingerprint density at radius 3 is 1.63 bits per heavy atom. The summed E-state index contributed by atoms with van der Waals surface area (Å²) in [6, 6.07) is 3.79. The van der Waals surface area contributed by atoms with Crippen LogP contribution in [0.15, 0.2) is 18.2 Å². The average Bonchev–Trinajstić information content (AvgIpc) is 2.89. The van der Waals surface area contributed by atoms with Crippen LogP contribution in [0.2, 0.25) is 0 Å². The normalized spacial score (nSPS) is 17.5. The third-order valence-electron chi connectivity index (χ3n) is 6.70. The summed E-state index contributed by atoms with van der Waals surface area (Å²) >= 11 is 5.35. The second kappa shape index (κ2) is 16.8. The van der Waals surface area contributed by atoms with Crippen molar-refractivity contribution >= 4 is 46.8 Å². The van der Waals surface area contributed by atoms with Crippen molar-refractivity contribution in [3.8, 4) is 5.75 Å². The monoisotopic (exact) mass is 597 g/mol. The van der Waals surface area contributed by atoms with E-state index in [1.807, 2.05) is 6.92 Å². The van der Waals surface area contributed by atoms with Crippen LogP contribution in [0, 0.1) is 0 Å². The van der Waals surface area contributed by atoms with Gasteiger partial charge in [-0.2, -0.15) is 0 Å². The first-order valence-electron chi connectivity index (χ1n) is 13.2. The van der Waals surface area contributed by atoms with E-state index >= 15 is 0 Å². The van der Waals surface area contributed by atoms with Gasteiger partial charge in [-0.1, -0.05) is 19.1 Å². The maximum atomic E-state index is 12.8. The second-order valence-electron chi connectivity index (χ2n) is 9.64. The Morgan fingerprint density at radius 2 is 1.27 bits per heavy atom. The molecule has 5 N–H and O–H groups in total. The third kappa shape index (κ3) is 11.6. The number of nitrogens with zero attached hydrogens (tertiary/aromatic N) is 4. The smallest absolute Gasteiger partial charge is 0.325 e. The minimum absolute atomic E-state index is 0.138. The lowest BCUT2D eigenvalue weighted by Crippen LogP contribution is -2.49. The molecule has 41 heavy (non-hydrogen) atoms. The van der Waals surface area contributed by atoms with E-state index < -0.39 is 29.9 Å². The lowest BCUT2D eigenvalue weighted by Gasteiger charge is -2.36. The first-order chi connectivity index (χ1) is 19.4. The Labute approximate surface area is 244 Å². The summed E-state index contributed by atoms with van der Waals surface area (Å²) in [4.78, 5) is 54.5. The molecule has 14 nitrogen and oxygen atoms in total. The molecule has 15 heteroatoms. The fourth-order valence-electron chi connectivity index (χ4n) is 4.59. The summed E-state index contributed by atoms with van der Waals surface area (Å²) < 4.78 is 5.36. The molecule has 1 atom stereocenters. The van der Waals surface area contributed by atoms with E-state index in [1.54, 1.807) is 37.8 Å². The average molecular weight is 598 g/mol. The molecular formula is C26H39N5O9S. The molecule has 1 aliphatic heterocycles. The van der Waals surface area contributed by atoms with Crippen LogP contribution >= 0.6 is 12.2 Å². The van der Waals surface area contributed by atoms with Crippen molar-refractivity contribution in [1.29, 1.82) is 0 Å². The summed E-state index contributed by atoms with van der Waals surface area (Å²) in [6.45, 7) is 2.52. The molecule has 0 bridgehead atoms. The molecule has 0 radical (unpaired) electrons. The molecule has 1 fully saturated rings. The first-order valence-corrected chi connectivity index (χ1v) is 13.6. The lowest BCUT2D eigenvalue weighted by atomic mass is 10.0. The van der Waals surface area contributed by atoms with Gasteiger partial charge in [-0.3, -0.25) is 38.8 Å². The first kappa shape index (κ1) is 33.8. The number of hydrogen-bond acceptors (Lipinski definition) is 10. The largest absolute Gasteiger partial charge is 0.497 e. The molecule has 1 aromatic rings. The highest BCUT2D eigenvalue weighted by molar-refractivity contribution is 7.80. The zero-order chi connectivity index (χ0) is 30.5. The van der Waals surface area contributed by atoms with Crippen molar-refractivity contribution in [2.24, 2.45) is 0 Å². The zero-order valence-corrected chi connectivity index (χ0v) is 24.1. The number of hydrogen-bond donors (Lipinski definition) is 5. The van der Waals surface area contributed by atoms with Crippen molar-refractivity contribution in [1.82, 2.24) is 19.6 Å². The highest BCUT2D eigenvalue weighted by Crippen LogP contribution is 2.32. The van der Waals surface area contributed by atoms with E-state index in [0.29, 0.717) is 28.4 Å². The quantitative estimate of drug-likeness (QED) is 0.209. The number of anilines is 1. The summed E-state index contributed by atoms with van der Waals surface area (Å²) in [5.41, 5.74) is 0.882. The Morgan fingerprint density at radius 1 is 0.829 bits per heavy atom. The number of rotatable bonds is 12. The van der Waals surface area contributed by atoms with Gasteiger partial charge in [-0.25, -0.2) is 0 Å². The van der Waals surface area contributed by atoms with E-state index in [9.17, 15) is 39.6 Å². The molecule has 1 aliphatic rings. The molecule has 1 saturated heterocycles. The minimum Gasteiger partial charge on any atom is -0.497 e. The highest BCUT2D eigenvalue weighted by atomic mass is 32.1. The van der Waals surface area contributed by atoms with Gasteiger partial charge in [0.05, 0.1) is 31.7 Å². The Balaban J connectivity index is 2.50. The van der Waals surface area contributed by atoms with Crippen LogP contribution in [-0.4, -0.2) is 148 Å². The van der Waals surface area contributed by atoms with E-state index in [0.717, 1.165) is 0 Å². The van der Waals surface area contributed by atoms with Crippen LogP contribution in [0.4, 0.5) is 5.69 Å². The Hall–Kier alpha value is -3.37. The second-order valence-corrected chi connectivity index (χ2v) is 10.1. The number of carboxylic acid groups (broad SMARTS) is 4. The molecule has 1 heterocycles. The van der Waals surface area contributed by atoms with Gasteiger partial charge in [-0.05, 0) is 24.6 Å². The number of thiocarbonyl (C=S) groups is 1. The molecule has 0 aliphatic carbocycles. The van der Waals surface area contributed by atoms with Crippen molar-refractivity contribution in [2.75, 3.05) is 84.4 Å². The lowest BCUT2D eigenvalue weighted by molar-refractivity contribution is -0.145. The highest BCUT2D eigenvalue weighted by Gasteiger charge is 2.32. The molecule has 0 saturated carbocycles. The van der Waals surface area contributed by atoms with Crippen LogP contribution in [0.5, 0.6) is 5.75 Å². The van der Waals surface area contributed by atoms with Crippen molar-refractivity contribution in [3.05, 3.63) is 23.8 Å². The summed E-state index contributed by atoms with van der Waals surface area (Å²) in [5, 5.41) is 41.8. The predicted molar refractivity (Wildman–Crippen MR) is 154 cm³/mol. The van der Waals surface area contributed by atoms with Crippen LogP contribution in [0.1, 0.15) is 24.9 Å². The minimum atomic E-state index is -1.20. The van der Waals surface area contributed by atoms with Gasteiger partial charge in [0.15, 0.2) is 0 Å². The number of carbonyl (C=O) groups is 4. The third-order valence-corrected chi connectivity index (χ3v) is 7.09. The van der Waals surface area contributed by atoms with Crippen molar-refractivity contribution < 1.29 is 44.3 Å². The van der Waals surface area contributed by atoms with Crippen molar-refractivity contribution in [3.63, 3.8) is 0 Å². The van der Waals surface area contributed by atoms with Crippen molar-refractivity contribution in [2.45, 2.75) is 19.4 Å². The molecule has 1 unspecified atom stereocenters. The van der Waals surface area contributed by atoms with E-state index in [1.165, 1.54) is 7.11 Å². The molecular weight excluding hydrogens is 558 g/mol. The van der Waals surface area contributed by atoms with Gasteiger partial charge in [0.1, 0.15) is 11.8 Å². The molecule has 1 aromatic carbocycles. The van der Waals surface area contributed by atoms with Gasteiger partial charge in [0.25, 0.3) is 0 Å². The number of aliphatic carboxylic acids is 4. The number of carboxylic acids is 4. The molecule has 0 amide bonds. The van der Waals surface area contributed by atoms with Gasteiger partial charge in [0, 0.05) is 63.6 Å². The topological polar surface area (TPSA) is 183 Å². The van der Waals surface area contributed by atoms with Crippen LogP contribution in [0.3, 0.4) is 0 Å². The Kier molecular flexibility index (Phi) is 13.9. The van der Waals surface area contributed by atoms with E-state index in [-0.39, 0.29) is 72.0 Å². The van der Waals surface area contributed by atoms with Gasteiger partial charge in [-0.15, -0.1) is 0 Å². The van der Waals surface area contributed by atoms with E-state index in [2.05, 4.69) is 5.32 Å². The standard InChI is InChI=1S/C26H39N5O9S/c1-3-21(41)27-20-5-4-18(40-2)14-19(20)25(26(38)39)31-12-10-29(16-23(34)35)8-6-28(15-22(32)33)7-9-30(11-13-31)17-24(36)37/h4-5,14,25H,3,6-13,15-17H2,1-2H3,(H,27,41)(H,32,33)(H,34,35)(H,36,37)(H,38,39). The number of ether oxygens (including phenoxy) is 1. The molecule has 0 aromatic heterocycles. The summed E-state index contributed by atoms with van der Waals surface area (Å²) in [7, 11) is 1.47. The number of methoxy groups -OCH3 is 1. The number of nitrogens with one attached hydrogen (secondary N) is 1. The van der Waals surface area contributed by atoms with E-state index in [4.69, 9.17) is 17.0 Å². The van der Waals surface area contributed by atoms with Gasteiger partial charge in [0.2, 0.25) is 0 Å². The molecule has 0 spiro atoms. The van der Waals surface area contributed by atoms with Gasteiger partial charge < -0.3 is 30.5 Å². The molecule has 228 valence electrons. The van der Waals surface area contributed by atoms with Crippen LogP contribution in [-0.2, 0) is 19.2 Å².